The molecule has 4 nitrogen and oxygen atoms in total. The highest BCUT2D eigenvalue weighted by molar-refractivity contribution is 6.21. The third-order valence-corrected chi connectivity index (χ3v) is 5.56. The molecule has 5 rings (SSSR count). The number of rotatable bonds is 5. The first-order valence-corrected chi connectivity index (χ1v) is 10.3. The van der Waals surface area contributed by atoms with Gasteiger partial charge in [0.25, 0.3) is 0 Å². The topological polar surface area (TPSA) is 59.3 Å². The Hall–Kier alpha value is -4.44. The van der Waals surface area contributed by atoms with Crippen molar-refractivity contribution in [2.24, 2.45) is 0 Å². The molecular weight excluding hydrogens is 398 g/mol. The quantitative estimate of drug-likeness (QED) is 0.277. The normalized spacial score (nSPS) is 11.4. The second-order valence-corrected chi connectivity index (χ2v) is 7.55. The fourth-order valence-corrected chi connectivity index (χ4v) is 4.07. The number of hydrogen-bond acceptors (Lipinski definition) is 2. The largest absolute Gasteiger partial charge is 0.478 e. The molecule has 1 N–H and O–H groups in total. The van der Waals surface area contributed by atoms with Crippen LogP contribution in [-0.2, 0) is 4.79 Å². The molecule has 5 aromatic rings. The van der Waals surface area contributed by atoms with Crippen molar-refractivity contribution in [1.29, 1.82) is 0 Å². The van der Waals surface area contributed by atoms with Crippen LogP contribution in [0.2, 0.25) is 0 Å². The molecule has 0 saturated heterocycles. The smallest absolute Gasteiger partial charge is 0.328 e. The van der Waals surface area contributed by atoms with Gasteiger partial charge in [0.05, 0.1) is 5.52 Å². The lowest BCUT2D eigenvalue weighted by Crippen LogP contribution is -2.01. The number of hydrogen-bond donors (Lipinski definition) is 1. The molecule has 32 heavy (non-hydrogen) atoms. The molecule has 154 valence electrons. The lowest BCUT2D eigenvalue weighted by atomic mass is 9.96. The Bertz CT molecular complexity index is 1510. The highest BCUT2D eigenvalue weighted by atomic mass is 16.4. The maximum Gasteiger partial charge on any atom is 0.328 e. The second kappa shape index (κ2) is 8.00. The van der Waals surface area contributed by atoms with E-state index >= 15 is 0 Å². The molecule has 0 fully saturated rings. The van der Waals surface area contributed by atoms with E-state index in [0.717, 1.165) is 39.0 Å². The van der Waals surface area contributed by atoms with Gasteiger partial charge in [-0.2, -0.15) is 0 Å². The minimum Gasteiger partial charge on any atom is -0.478 e. The Morgan fingerprint density at radius 3 is 2.31 bits per heavy atom. The fraction of sp³-hybridized carbons (Fsp3) is 0. The van der Waals surface area contributed by atoms with Crippen molar-refractivity contribution in [2.75, 3.05) is 0 Å². The number of carboxylic acids is 1. The average Bonchev–Trinajstić information content (AvgIpc) is 3.21. The predicted molar refractivity (Wildman–Crippen MR) is 127 cm³/mol. The van der Waals surface area contributed by atoms with E-state index in [0.29, 0.717) is 11.1 Å². The number of nitrogens with zero attached hydrogens (tertiary/aromatic N) is 1. The van der Waals surface area contributed by atoms with Gasteiger partial charge in [0.2, 0.25) is 0 Å². The maximum absolute atomic E-state index is 13.8. The summed E-state index contributed by atoms with van der Waals surface area (Å²) in [4.78, 5) is 24.7. The van der Waals surface area contributed by atoms with E-state index in [4.69, 9.17) is 5.11 Å². The molecule has 1 heterocycles. The van der Waals surface area contributed by atoms with E-state index in [-0.39, 0.29) is 5.78 Å². The number of ketones is 1. The van der Waals surface area contributed by atoms with Crippen LogP contribution in [0.4, 0.5) is 0 Å². The molecular formula is C28H19NO3. The fourth-order valence-electron chi connectivity index (χ4n) is 4.07. The van der Waals surface area contributed by atoms with Crippen LogP contribution in [0.15, 0.2) is 103 Å². The molecule has 0 spiro atoms. The van der Waals surface area contributed by atoms with Crippen molar-refractivity contribution >= 4 is 39.5 Å². The molecule has 0 aliphatic carbocycles. The molecule has 1 aromatic heterocycles. The zero-order valence-electron chi connectivity index (χ0n) is 17.1. The summed E-state index contributed by atoms with van der Waals surface area (Å²) in [5.74, 6) is -1.08. The number of fused-ring (bicyclic) bond motifs is 2. The maximum atomic E-state index is 13.8. The van der Waals surface area contributed by atoms with E-state index < -0.39 is 5.97 Å². The summed E-state index contributed by atoms with van der Waals surface area (Å²) in [5, 5.41) is 11.7. The van der Waals surface area contributed by atoms with Gasteiger partial charge >= 0.3 is 5.97 Å². The number of carbonyl (C=O) groups is 2. The lowest BCUT2D eigenvalue weighted by Gasteiger charge is -2.05. The van der Waals surface area contributed by atoms with Crippen LogP contribution in [0.5, 0.6) is 0 Å². The molecule has 0 aliphatic heterocycles. The summed E-state index contributed by atoms with van der Waals surface area (Å²) in [6.07, 6.45) is 4.50. The number of aliphatic carboxylic acids is 1. The van der Waals surface area contributed by atoms with E-state index in [2.05, 4.69) is 0 Å². The van der Waals surface area contributed by atoms with Crippen molar-refractivity contribution in [1.82, 2.24) is 4.57 Å². The van der Waals surface area contributed by atoms with Crippen molar-refractivity contribution in [3.63, 3.8) is 0 Å². The Kier molecular flexibility index (Phi) is 4.88. The van der Waals surface area contributed by atoms with Gasteiger partial charge in [0, 0.05) is 34.5 Å². The minimum absolute atomic E-state index is 0.0687. The van der Waals surface area contributed by atoms with Crippen LogP contribution in [0.25, 0.3) is 33.4 Å². The van der Waals surface area contributed by atoms with Gasteiger partial charge in [-0.1, -0.05) is 66.7 Å². The van der Waals surface area contributed by atoms with Crippen molar-refractivity contribution < 1.29 is 14.7 Å². The average molecular weight is 417 g/mol. The van der Waals surface area contributed by atoms with Crippen LogP contribution in [-0.4, -0.2) is 21.4 Å². The van der Waals surface area contributed by atoms with E-state index in [9.17, 15) is 9.59 Å². The standard InChI is InChI=1S/C28H19NO3/c30-27(31)16-14-19-13-15-26-24(17-19)25(18-29(26)21-9-2-1-3-10-21)28(32)23-12-6-8-20-7-4-5-11-22(20)23/h1-18H,(H,30,31)/b16-14+. The lowest BCUT2D eigenvalue weighted by molar-refractivity contribution is -0.131. The van der Waals surface area contributed by atoms with Gasteiger partial charge in [-0.3, -0.25) is 4.79 Å². The Labute approximate surface area is 184 Å². The first-order chi connectivity index (χ1) is 15.6. The SMILES string of the molecule is O=C(O)/C=C/c1ccc2c(c1)c(C(=O)c1cccc3ccccc13)cn2-c1ccccc1. The molecule has 0 unspecified atom stereocenters. The Morgan fingerprint density at radius 1 is 0.750 bits per heavy atom. The number of carbonyl (C=O) groups excluding carboxylic acids is 1. The Morgan fingerprint density at radius 2 is 1.50 bits per heavy atom. The van der Waals surface area contributed by atoms with Crippen molar-refractivity contribution in [2.45, 2.75) is 0 Å². The van der Waals surface area contributed by atoms with Gasteiger partial charge in [-0.15, -0.1) is 0 Å². The van der Waals surface area contributed by atoms with Gasteiger partial charge in [0.15, 0.2) is 5.78 Å². The van der Waals surface area contributed by atoms with Gasteiger partial charge in [-0.25, -0.2) is 4.79 Å². The first-order valence-electron chi connectivity index (χ1n) is 10.3. The molecule has 0 radical (unpaired) electrons. The molecule has 4 heteroatoms. The molecule has 0 atom stereocenters. The number of benzene rings is 4. The third kappa shape index (κ3) is 3.48. The number of carboxylic acid groups (broad SMARTS) is 1. The molecule has 4 aromatic carbocycles. The third-order valence-electron chi connectivity index (χ3n) is 5.56. The minimum atomic E-state index is -1.01. The zero-order valence-corrected chi connectivity index (χ0v) is 17.1. The van der Waals surface area contributed by atoms with E-state index in [1.807, 2.05) is 102 Å². The van der Waals surface area contributed by atoms with Gasteiger partial charge in [-0.05, 0) is 46.7 Å². The first kappa shape index (κ1) is 19.5. The van der Waals surface area contributed by atoms with Crippen molar-refractivity contribution in [3.8, 4) is 5.69 Å². The molecule has 0 amide bonds. The summed E-state index contributed by atoms with van der Waals surface area (Å²) in [5.41, 5.74) is 3.76. The second-order valence-electron chi connectivity index (χ2n) is 7.55. The van der Waals surface area contributed by atoms with Crippen LogP contribution in [0, 0.1) is 0 Å². The monoisotopic (exact) mass is 417 g/mol. The molecule has 0 saturated carbocycles. The zero-order chi connectivity index (χ0) is 22.1. The highest BCUT2D eigenvalue weighted by Crippen LogP contribution is 2.30. The van der Waals surface area contributed by atoms with Gasteiger partial charge < -0.3 is 9.67 Å². The number of aromatic nitrogens is 1. The highest BCUT2D eigenvalue weighted by Gasteiger charge is 2.19. The predicted octanol–water partition coefficient (Wildman–Crippen LogP) is 6.11. The van der Waals surface area contributed by atoms with Crippen LogP contribution < -0.4 is 0 Å². The molecule has 0 aliphatic rings. The summed E-state index contributed by atoms with van der Waals surface area (Å²) in [6, 6.07) is 29.1. The summed E-state index contributed by atoms with van der Waals surface area (Å²) in [6.45, 7) is 0. The van der Waals surface area contributed by atoms with Crippen LogP contribution >= 0.6 is 0 Å². The van der Waals surface area contributed by atoms with Crippen LogP contribution in [0.1, 0.15) is 21.5 Å². The summed E-state index contributed by atoms with van der Waals surface area (Å²) in [7, 11) is 0. The number of para-hydroxylation sites is 1. The van der Waals surface area contributed by atoms with Gasteiger partial charge in [0.1, 0.15) is 0 Å². The van der Waals surface area contributed by atoms with Crippen LogP contribution in [0.3, 0.4) is 0 Å². The molecule has 0 bridgehead atoms. The van der Waals surface area contributed by atoms with E-state index in [1.165, 1.54) is 6.08 Å². The van der Waals surface area contributed by atoms with Crippen molar-refractivity contribution in [3.05, 3.63) is 120 Å². The summed E-state index contributed by atoms with van der Waals surface area (Å²) >= 11 is 0. The Balaban J connectivity index is 1.74. The summed E-state index contributed by atoms with van der Waals surface area (Å²) < 4.78 is 2.00. The van der Waals surface area contributed by atoms with E-state index in [1.54, 1.807) is 0 Å².